The molecule has 6 nitrogen and oxygen atoms in total. The number of benzene rings is 1. The summed E-state index contributed by atoms with van der Waals surface area (Å²) in [5.41, 5.74) is 1.98. The van der Waals surface area contributed by atoms with Gasteiger partial charge in [0.1, 0.15) is 6.61 Å². The van der Waals surface area contributed by atoms with E-state index in [2.05, 4.69) is 46.5 Å². The van der Waals surface area contributed by atoms with Gasteiger partial charge in [0.05, 0.1) is 46.2 Å². The molecule has 32 heavy (non-hydrogen) atoms. The van der Waals surface area contributed by atoms with Crippen molar-refractivity contribution in [2.75, 3.05) is 72.5 Å². The van der Waals surface area contributed by atoms with Crippen LogP contribution in [0.3, 0.4) is 0 Å². The van der Waals surface area contributed by atoms with Crippen molar-refractivity contribution < 1.29 is 18.9 Å². The smallest absolute Gasteiger partial charge is 0.107 e. The monoisotopic (exact) mass is 444 g/mol. The van der Waals surface area contributed by atoms with Crippen LogP contribution in [0, 0.1) is 17.8 Å². The Balaban J connectivity index is 1.27. The van der Waals surface area contributed by atoms with Gasteiger partial charge in [-0.25, -0.2) is 0 Å². The Morgan fingerprint density at radius 3 is 2.03 bits per heavy atom. The van der Waals surface area contributed by atoms with Crippen molar-refractivity contribution in [3.63, 3.8) is 0 Å². The first-order chi connectivity index (χ1) is 15.8. The van der Waals surface area contributed by atoms with Crippen molar-refractivity contribution >= 4 is 0 Å². The molecular weight excluding hydrogens is 404 g/mol. The lowest BCUT2D eigenvalue weighted by molar-refractivity contribution is -0.00686. The lowest BCUT2D eigenvalue weighted by atomic mass is 9.68. The molecule has 178 valence electrons. The molecule has 1 heterocycles. The molecule has 2 aliphatic rings. The molecule has 1 spiro atoms. The van der Waals surface area contributed by atoms with Crippen LogP contribution in [0.2, 0.25) is 0 Å². The van der Waals surface area contributed by atoms with Crippen molar-refractivity contribution in [2.24, 2.45) is 5.41 Å². The molecule has 1 N–H and O–H groups in total. The summed E-state index contributed by atoms with van der Waals surface area (Å²) in [6, 6.07) is 11.5. The van der Waals surface area contributed by atoms with E-state index in [0.29, 0.717) is 57.7 Å². The minimum atomic E-state index is 0.332. The van der Waals surface area contributed by atoms with Crippen LogP contribution >= 0.6 is 0 Å². The van der Waals surface area contributed by atoms with Crippen molar-refractivity contribution in [2.45, 2.75) is 38.3 Å². The zero-order valence-corrected chi connectivity index (χ0v) is 19.4. The molecule has 1 saturated carbocycles. The van der Waals surface area contributed by atoms with Gasteiger partial charge in [-0.3, -0.25) is 4.90 Å². The second-order valence-corrected chi connectivity index (χ2v) is 8.88. The normalized spacial score (nSPS) is 18.0. The van der Waals surface area contributed by atoms with E-state index < -0.39 is 0 Å². The maximum atomic E-state index is 5.88. The van der Waals surface area contributed by atoms with Crippen LogP contribution in [0.4, 0.5) is 0 Å². The van der Waals surface area contributed by atoms with Gasteiger partial charge >= 0.3 is 0 Å². The van der Waals surface area contributed by atoms with E-state index in [1.807, 2.05) is 0 Å². The van der Waals surface area contributed by atoms with E-state index in [-0.39, 0.29) is 0 Å². The number of hydrogen-bond donors (Lipinski definition) is 1. The topological polar surface area (TPSA) is 52.2 Å². The second-order valence-electron chi connectivity index (χ2n) is 8.88. The quantitative estimate of drug-likeness (QED) is 0.313. The van der Waals surface area contributed by atoms with Gasteiger partial charge in [0.15, 0.2) is 0 Å². The first-order valence-corrected chi connectivity index (χ1v) is 12.0. The van der Waals surface area contributed by atoms with Gasteiger partial charge in [-0.1, -0.05) is 36.3 Å². The third-order valence-corrected chi connectivity index (χ3v) is 6.58. The molecule has 3 rings (SSSR count). The molecule has 1 saturated heterocycles. The molecule has 1 aromatic rings. The maximum absolute atomic E-state index is 5.88. The predicted molar refractivity (Wildman–Crippen MR) is 127 cm³/mol. The molecule has 0 radical (unpaired) electrons. The highest BCUT2D eigenvalue weighted by Crippen LogP contribution is 2.40. The van der Waals surface area contributed by atoms with Crippen molar-refractivity contribution in [1.29, 1.82) is 0 Å². The van der Waals surface area contributed by atoms with Crippen molar-refractivity contribution in [3.05, 3.63) is 35.9 Å². The SMILES string of the molecule is C#CCOCCOCCOCCOCCN(Cc1ccccc1)C1CCC2(CC1)CNC2. The first kappa shape index (κ1) is 25.2. The minimum Gasteiger partial charge on any atom is -0.378 e. The lowest BCUT2D eigenvalue weighted by Gasteiger charge is -2.49. The molecule has 1 aliphatic carbocycles. The number of terminal acetylenes is 1. The molecule has 0 bridgehead atoms. The van der Waals surface area contributed by atoms with Gasteiger partial charge in [0, 0.05) is 32.2 Å². The standard InChI is InChI=1S/C26H40N2O4/c1-2-13-29-15-17-31-19-20-32-18-16-30-14-12-28(21-24-6-4-3-5-7-24)25-8-10-26(11-9-25)22-27-23-26/h1,3-7,25,27H,8-23H2. The fraction of sp³-hybridized carbons (Fsp3) is 0.692. The highest BCUT2D eigenvalue weighted by Gasteiger charge is 2.41. The van der Waals surface area contributed by atoms with Crippen LogP contribution in [0.15, 0.2) is 30.3 Å². The Kier molecular flexibility index (Phi) is 11.5. The summed E-state index contributed by atoms with van der Waals surface area (Å²) in [4.78, 5) is 2.63. The number of nitrogens with one attached hydrogen (secondary N) is 1. The van der Waals surface area contributed by atoms with Crippen molar-refractivity contribution in [3.8, 4) is 12.3 Å². The summed E-state index contributed by atoms with van der Waals surface area (Å²) < 4.78 is 22.0. The van der Waals surface area contributed by atoms with Gasteiger partial charge < -0.3 is 24.3 Å². The van der Waals surface area contributed by atoms with Crippen molar-refractivity contribution in [1.82, 2.24) is 10.2 Å². The molecule has 6 heteroatoms. The number of hydrogen-bond acceptors (Lipinski definition) is 6. The Morgan fingerprint density at radius 1 is 0.875 bits per heavy atom. The zero-order valence-electron chi connectivity index (χ0n) is 19.4. The Hall–Kier alpha value is -1.46. The van der Waals surface area contributed by atoms with Crippen LogP contribution in [-0.4, -0.2) is 83.4 Å². The van der Waals surface area contributed by atoms with Crippen LogP contribution in [0.25, 0.3) is 0 Å². The third-order valence-electron chi connectivity index (χ3n) is 6.58. The summed E-state index contributed by atoms with van der Waals surface area (Å²) in [7, 11) is 0. The summed E-state index contributed by atoms with van der Waals surface area (Å²) in [5, 5.41) is 3.47. The summed E-state index contributed by atoms with van der Waals surface area (Å²) >= 11 is 0. The van der Waals surface area contributed by atoms with E-state index in [9.17, 15) is 0 Å². The highest BCUT2D eigenvalue weighted by atomic mass is 16.6. The lowest BCUT2D eigenvalue weighted by Crippen LogP contribution is -2.56. The van der Waals surface area contributed by atoms with Gasteiger partial charge in [-0.2, -0.15) is 0 Å². The van der Waals surface area contributed by atoms with E-state index in [1.54, 1.807) is 0 Å². The Labute approximate surface area is 193 Å². The predicted octanol–water partition coefficient (Wildman–Crippen LogP) is 2.72. The van der Waals surface area contributed by atoms with E-state index in [4.69, 9.17) is 25.4 Å². The van der Waals surface area contributed by atoms with E-state index >= 15 is 0 Å². The van der Waals surface area contributed by atoms with Crippen LogP contribution in [-0.2, 0) is 25.5 Å². The number of rotatable bonds is 16. The molecule has 0 aromatic heterocycles. The molecule has 1 aromatic carbocycles. The minimum absolute atomic E-state index is 0.332. The first-order valence-electron chi connectivity index (χ1n) is 12.0. The summed E-state index contributed by atoms with van der Waals surface area (Å²) in [5.74, 6) is 2.43. The molecule has 1 aliphatic heterocycles. The molecule has 0 unspecified atom stereocenters. The van der Waals surface area contributed by atoms with E-state index in [1.165, 1.54) is 44.3 Å². The highest BCUT2D eigenvalue weighted by molar-refractivity contribution is 5.14. The van der Waals surface area contributed by atoms with Gasteiger partial charge in [-0.05, 0) is 36.7 Å². The van der Waals surface area contributed by atoms with Gasteiger partial charge in [0.25, 0.3) is 0 Å². The second kappa shape index (κ2) is 14.6. The maximum Gasteiger partial charge on any atom is 0.107 e. The zero-order chi connectivity index (χ0) is 22.3. The van der Waals surface area contributed by atoms with Gasteiger partial charge in [-0.15, -0.1) is 6.42 Å². The molecule has 2 fully saturated rings. The molecule has 0 amide bonds. The number of ether oxygens (including phenoxy) is 4. The largest absolute Gasteiger partial charge is 0.378 e. The van der Waals surface area contributed by atoms with Gasteiger partial charge in [0.2, 0.25) is 0 Å². The van der Waals surface area contributed by atoms with E-state index in [0.717, 1.165) is 19.7 Å². The summed E-state index contributed by atoms with van der Waals surface area (Å²) in [6.07, 6.45) is 10.4. The molecular formula is C26H40N2O4. The fourth-order valence-corrected chi connectivity index (χ4v) is 4.59. The van der Waals surface area contributed by atoms with Crippen LogP contribution < -0.4 is 5.32 Å². The Morgan fingerprint density at radius 2 is 1.47 bits per heavy atom. The average Bonchev–Trinajstić information content (AvgIpc) is 2.81. The molecule has 0 atom stereocenters. The summed E-state index contributed by atoms with van der Waals surface area (Å²) in [6.45, 7) is 8.85. The van der Waals surface area contributed by atoms with Crippen LogP contribution in [0.5, 0.6) is 0 Å². The van der Waals surface area contributed by atoms with Crippen LogP contribution in [0.1, 0.15) is 31.2 Å². The Bertz CT molecular complexity index is 650. The third kappa shape index (κ3) is 8.82. The fourth-order valence-electron chi connectivity index (χ4n) is 4.59. The average molecular weight is 445 g/mol. The number of nitrogens with zero attached hydrogens (tertiary/aromatic N) is 1.